The van der Waals surface area contributed by atoms with Gasteiger partial charge >= 0.3 is 0 Å². The van der Waals surface area contributed by atoms with Crippen molar-refractivity contribution in [2.45, 2.75) is 26.7 Å². The van der Waals surface area contributed by atoms with E-state index in [4.69, 9.17) is 4.74 Å². The fourth-order valence-electron chi connectivity index (χ4n) is 1.34. The van der Waals surface area contributed by atoms with E-state index in [0.29, 0.717) is 11.2 Å². The first-order chi connectivity index (χ1) is 7.57. The molecule has 0 atom stereocenters. The van der Waals surface area contributed by atoms with Crippen LogP contribution in [0.1, 0.15) is 26.7 Å². The lowest BCUT2D eigenvalue weighted by Gasteiger charge is -2.10. The summed E-state index contributed by atoms with van der Waals surface area (Å²) in [4.78, 5) is 14.9. The summed E-state index contributed by atoms with van der Waals surface area (Å²) in [5.74, 6) is 1.19. The average molecular weight is 220 g/mol. The summed E-state index contributed by atoms with van der Waals surface area (Å²) in [6, 6.07) is 3.57. The van der Waals surface area contributed by atoms with Crippen molar-refractivity contribution in [1.29, 1.82) is 0 Å². The highest BCUT2D eigenvalue weighted by Gasteiger charge is 2.38. The predicted octanol–water partition coefficient (Wildman–Crippen LogP) is 2.22. The van der Waals surface area contributed by atoms with Crippen molar-refractivity contribution in [3.05, 3.63) is 18.3 Å². The van der Waals surface area contributed by atoms with Crippen LogP contribution in [0, 0.1) is 5.41 Å². The third kappa shape index (κ3) is 2.95. The zero-order valence-corrected chi connectivity index (χ0v) is 9.62. The van der Waals surface area contributed by atoms with Gasteiger partial charge in [0, 0.05) is 12.3 Å². The number of rotatable bonds is 4. The number of hydrogen-bond acceptors (Lipinski definition) is 3. The summed E-state index contributed by atoms with van der Waals surface area (Å²) in [6.45, 7) is 4.42. The van der Waals surface area contributed by atoms with E-state index in [9.17, 15) is 4.79 Å². The summed E-state index contributed by atoms with van der Waals surface area (Å²) in [7, 11) is 0. The van der Waals surface area contributed by atoms with E-state index in [-0.39, 0.29) is 5.91 Å². The molecular formula is C12H16N2O2. The van der Waals surface area contributed by atoms with Gasteiger partial charge in [-0.2, -0.15) is 0 Å². The molecule has 1 aromatic rings. The Labute approximate surface area is 95.0 Å². The normalized spacial score (nSPS) is 16.6. The molecule has 1 heterocycles. The van der Waals surface area contributed by atoms with Crippen LogP contribution in [-0.2, 0) is 4.79 Å². The maximum Gasteiger partial charge on any atom is 0.222 e. The van der Waals surface area contributed by atoms with Crippen molar-refractivity contribution in [3.8, 4) is 5.75 Å². The van der Waals surface area contributed by atoms with Gasteiger partial charge in [0.2, 0.25) is 5.91 Å². The topological polar surface area (TPSA) is 51.2 Å². The second-order valence-electron chi connectivity index (χ2n) is 4.66. The SMILES string of the molecule is CC(=O)Nc1ccc(OCC2(C)CC2)cn1. The monoisotopic (exact) mass is 220 g/mol. The molecule has 86 valence electrons. The number of anilines is 1. The Kier molecular flexibility index (Phi) is 2.81. The predicted molar refractivity (Wildman–Crippen MR) is 61.4 cm³/mol. The van der Waals surface area contributed by atoms with Gasteiger partial charge in [-0.25, -0.2) is 4.98 Å². The first-order valence-electron chi connectivity index (χ1n) is 5.44. The number of nitrogens with one attached hydrogen (secondary N) is 1. The minimum Gasteiger partial charge on any atom is -0.491 e. The molecule has 4 nitrogen and oxygen atoms in total. The molecule has 0 spiro atoms. The Hall–Kier alpha value is -1.58. The lowest BCUT2D eigenvalue weighted by Crippen LogP contribution is -2.10. The van der Waals surface area contributed by atoms with E-state index in [2.05, 4.69) is 17.2 Å². The third-order valence-corrected chi connectivity index (χ3v) is 2.73. The Bertz CT molecular complexity index is 383. The highest BCUT2D eigenvalue weighted by Crippen LogP contribution is 2.44. The molecule has 2 rings (SSSR count). The standard InChI is InChI=1S/C12H16N2O2/c1-9(15)14-11-4-3-10(7-13-11)16-8-12(2)5-6-12/h3-4,7H,5-6,8H2,1-2H3,(H,13,14,15). The van der Waals surface area contributed by atoms with E-state index in [0.717, 1.165) is 12.4 Å². The van der Waals surface area contributed by atoms with Crippen molar-refractivity contribution in [3.63, 3.8) is 0 Å². The summed E-state index contributed by atoms with van der Waals surface area (Å²) < 4.78 is 5.62. The zero-order valence-electron chi connectivity index (χ0n) is 9.62. The summed E-state index contributed by atoms with van der Waals surface area (Å²) in [6.07, 6.45) is 4.12. The van der Waals surface area contributed by atoms with E-state index in [1.165, 1.54) is 19.8 Å². The highest BCUT2D eigenvalue weighted by atomic mass is 16.5. The van der Waals surface area contributed by atoms with Crippen molar-refractivity contribution in [2.75, 3.05) is 11.9 Å². The van der Waals surface area contributed by atoms with Crippen molar-refractivity contribution < 1.29 is 9.53 Å². The van der Waals surface area contributed by atoms with E-state index in [1.807, 2.05) is 6.07 Å². The quantitative estimate of drug-likeness (QED) is 0.846. The Morgan fingerprint density at radius 3 is 2.81 bits per heavy atom. The molecule has 1 aliphatic rings. The van der Waals surface area contributed by atoms with Crippen LogP contribution in [0.2, 0.25) is 0 Å². The van der Waals surface area contributed by atoms with E-state index >= 15 is 0 Å². The van der Waals surface area contributed by atoms with Crippen LogP contribution in [-0.4, -0.2) is 17.5 Å². The molecule has 0 aromatic carbocycles. The van der Waals surface area contributed by atoms with Gasteiger partial charge < -0.3 is 10.1 Å². The number of carbonyl (C=O) groups is 1. The van der Waals surface area contributed by atoms with Crippen LogP contribution in [0.5, 0.6) is 5.75 Å². The molecule has 16 heavy (non-hydrogen) atoms. The first-order valence-corrected chi connectivity index (χ1v) is 5.44. The van der Waals surface area contributed by atoms with Crippen LogP contribution in [0.25, 0.3) is 0 Å². The van der Waals surface area contributed by atoms with Gasteiger partial charge in [-0.1, -0.05) is 6.92 Å². The minimum atomic E-state index is -0.119. The second kappa shape index (κ2) is 4.12. The molecule has 1 fully saturated rings. The molecule has 0 aliphatic heterocycles. The molecule has 1 aliphatic carbocycles. The van der Waals surface area contributed by atoms with Crippen LogP contribution in [0.3, 0.4) is 0 Å². The molecule has 0 saturated heterocycles. The maximum absolute atomic E-state index is 10.8. The van der Waals surface area contributed by atoms with Crippen LogP contribution < -0.4 is 10.1 Å². The molecule has 0 unspecified atom stereocenters. The Morgan fingerprint density at radius 2 is 2.31 bits per heavy atom. The lowest BCUT2D eigenvalue weighted by atomic mass is 10.2. The van der Waals surface area contributed by atoms with Gasteiger partial charge in [0.15, 0.2) is 0 Å². The molecule has 0 radical (unpaired) electrons. The molecular weight excluding hydrogens is 204 g/mol. The van der Waals surface area contributed by atoms with Crippen LogP contribution >= 0.6 is 0 Å². The second-order valence-corrected chi connectivity index (χ2v) is 4.66. The van der Waals surface area contributed by atoms with Gasteiger partial charge in [0.05, 0.1) is 12.8 Å². The van der Waals surface area contributed by atoms with Crippen LogP contribution in [0.15, 0.2) is 18.3 Å². The number of nitrogens with zero attached hydrogens (tertiary/aromatic N) is 1. The minimum absolute atomic E-state index is 0.119. The Balaban J connectivity index is 1.88. The molecule has 1 N–H and O–H groups in total. The number of pyridine rings is 1. The highest BCUT2D eigenvalue weighted by molar-refractivity contribution is 5.87. The smallest absolute Gasteiger partial charge is 0.222 e. The fourth-order valence-corrected chi connectivity index (χ4v) is 1.34. The summed E-state index contributed by atoms with van der Waals surface area (Å²) in [5, 5.41) is 2.61. The fraction of sp³-hybridized carbons (Fsp3) is 0.500. The van der Waals surface area contributed by atoms with E-state index < -0.39 is 0 Å². The zero-order chi connectivity index (χ0) is 11.6. The lowest BCUT2D eigenvalue weighted by molar-refractivity contribution is -0.114. The van der Waals surface area contributed by atoms with Gasteiger partial charge in [-0.15, -0.1) is 0 Å². The Morgan fingerprint density at radius 1 is 1.56 bits per heavy atom. The number of carbonyl (C=O) groups excluding carboxylic acids is 1. The molecule has 1 amide bonds. The van der Waals surface area contributed by atoms with Gasteiger partial charge in [0.25, 0.3) is 0 Å². The molecule has 1 saturated carbocycles. The average Bonchev–Trinajstić information content (AvgIpc) is 2.96. The summed E-state index contributed by atoms with van der Waals surface area (Å²) >= 11 is 0. The van der Waals surface area contributed by atoms with Gasteiger partial charge in [-0.3, -0.25) is 4.79 Å². The van der Waals surface area contributed by atoms with Crippen molar-refractivity contribution in [1.82, 2.24) is 4.98 Å². The van der Waals surface area contributed by atoms with Gasteiger partial charge in [0.1, 0.15) is 11.6 Å². The van der Waals surface area contributed by atoms with E-state index in [1.54, 1.807) is 12.3 Å². The maximum atomic E-state index is 10.8. The number of amides is 1. The molecule has 0 bridgehead atoms. The molecule has 4 heteroatoms. The number of hydrogen-bond donors (Lipinski definition) is 1. The largest absolute Gasteiger partial charge is 0.491 e. The van der Waals surface area contributed by atoms with Crippen LogP contribution in [0.4, 0.5) is 5.82 Å². The van der Waals surface area contributed by atoms with Gasteiger partial charge in [-0.05, 0) is 25.0 Å². The van der Waals surface area contributed by atoms with Crippen molar-refractivity contribution >= 4 is 11.7 Å². The van der Waals surface area contributed by atoms with Crippen molar-refractivity contribution in [2.24, 2.45) is 5.41 Å². The molecule has 1 aromatic heterocycles. The first kappa shape index (κ1) is 10.9. The summed E-state index contributed by atoms with van der Waals surface area (Å²) in [5.41, 5.74) is 0.371. The third-order valence-electron chi connectivity index (χ3n) is 2.73. The number of ether oxygens (including phenoxy) is 1. The number of aromatic nitrogens is 1.